The number of para-hydroxylation sites is 1. The molecule has 1 atom stereocenters. The zero-order valence-corrected chi connectivity index (χ0v) is 19.5. The van der Waals surface area contributed by atoms with Gasteiger partial charge in [-0.15, -0.1) is 0 Å². The Labute approximate surface area is 187 Å². The van der Waals surface area contributed by atoms with Crippen LogP contribution in [0.3, 0.4) is 0 Å². The number of carbonyl (C=O) groups is 1. The number of hydrogen-bond donors (Lipinski definition) is 2. The molecule has 1 aliphatic rings. The predicted molar refractivity (Wildman–Crippen MR) is 128 cm³/mol. The van der Waals surface area contributed by atoms with Gasteiger partial charge in [0.05, 0.1) is 6.61 Å². The van der Waals surface area contributed by atoms with E-state index >= 15 is 0 Å². The lowest BCUT2D eigenvalue weighted by Gasteiger charge is -2.31. The van der Waals surface area contributed by atoms with Crippen molar-refractivity contribution in [3.05, 3.63) is 65.2 Å². The number of rotatable bonds is 8. The second-order valence-corrected chi connectivity index (χ2v) is 9.33. The maximum Gasteiger partial charge on any atom is 0.321 e. The molecule has 0 radical (unpaired) electrons. The molecule has 2 aromatic rings. The van der Waals surface area contributed by atoms with Crippen LogP contribution < -0.4 is 10.6 Å². The van der Waals surface area contributed by atoms with Gasteiger partial charge in [0.1, 0.15) is 6.23 Å². The molecule has 1 unspecified atom stereocenters. The summed E-state index contributed by atoms with van der Waals surface area (Å²) in [5.41, 5.74) is 4.40. The van der Waals surface area contributed by atoms with Gasteiger partial charge in [-0.05, 0) is 41.4 Å². The van der Waals surface area contributed by atoms with E-state index in [9.17, 15) is 4.79 Å². The number of amides is 2. The summed E-state index contributed by atoms with van der Waals surface area (Å²) in [4.78, 5) is 13.1. The first-order valence-corrected chi connectivity index (χ1v) is 11.8. The largest absolute Gasteiger partial charge is 0.353 e. The van der Waals surface area contributed by atoms with E-state index in [0.717, 1.165) is 24.1 Å². The third-order valence-electron chi connectivity index (χ3n) is 6.24. The first-order valence-electron chi connectivity index (χ1n) is 11.8. The lowest BCUT2D eigenvalue weighted by molar-refractivity contribution is -0.0230. The molecule has 0 saturated heterocycles. The summed E-state index contributed by atoms with van der Waals surface area (Å²) in [6.45, 7) is 9.15. The molecule has 31 heavy (non-hydrogen) atoms. The van der Waals surface area contributed by atoms with Crippen LogP contribution in [0, 0.1) is 5.92 Å². The quantitative estimate of drug-likeness (QED) is 0.443. The second kappa shape index (κ2) is 11.3. The van der Waals surface area contributed by atoms with Crippen molar-refractivity contribution in [1.82, 2.24) is 5.32 Å². The molecule has 1 fully saturated rings. The number of urea groups is 1. The van der Waals surface area contributed by atoms with Gasteiger partial charge in [0.25, 0.3) is 0 Å². The van der Waals surface area contributed by atoms with Gasteiger partial charge in [0, 0.05) is 11.6 Å². The van der Waals surface area contributed by atoms with Crippen LogP contribution in [-0.2, 0) is 11.3 Å². The SMILES string of the molecule is CC(C)c1cccc(C(C)C)c1NC(=O)NC(OCc1ccccc1)C1CCCCC1. The van der Waals surface area contributed by atoms with Crippen LogP contribution in [0.5, 0.6) is 0 Å². The maximum absolute atomic E-state index is 13.1. The summed E-state index contributed by atoms with van der Waals surface area (Å²) in [7, 11) is 0. The fourth-order valence-electron chi connectivity index (χ4n) is 4.47. The Kier molecular flexibility index (Phi) is 8.53. The van der Waals surface area contributed by atoms with E-state index in [1.807, 2.05) is 18.2 Å². The average Bonchev–Trinajstić information content (AvgIpc) is 2.77. The molecule has 4 heteroatoms. The van der Waals surface area contributed by atoms with Crippen LogP contribution in [-0.4, -0.2) is 12.3 Å². The molecule has 2 N–H and O–H groups in total. The molecule has 168 valence electrons. The maximum atomic E-state index is 13.1. The molecule has 0 bridgehead atoms. The van der Waals surface area contributed by atoms with Crippen LogP contribution in [0.2, 0.25) is 0 Å². The third kappa shape index (κ3) is 6.57. The van der Waals surface area contributed by atoms with Gasteiger partial charge in [-0.1, -0.05) is 95.5 Å². The van der Waals surface area contributed by atoms with E-state index in [4.69, 9.17) is 4.74 Å². The Bertz CT molecular complexity index is 800. The zero-order chi connectivity index (χ0) is 22.2. The summed E-state index contributed by atoms with van der Waals surface area (Å²) >= 11 is 0. The molecule has 1 aliphatic carbocycles. The van der Waals surface area contributed by atoms with Crippen LogP contribution >= 0.6 is 0 Å². The lowest BCUT2D eigenvalue weighted by Crippen LogP contribution is -2.45. The number of ether oxygens (including phenoxy) is 1. The molecule has 1 saturated carbocycles. The van der Waals surface area contributed by atoms with Crippen molar-refractivity contribution in [2.45, 2.75) is 84.5 Å². The highest BCUT2D eigenvalue weighted by atomic mass is 16.5. The lowest BCUT2D eigenvalue weighted by atomic mass is 9.88. The minimum absolute atomic E-state index is 0.182. The van der Waals surface area contributed by atoms with Crippen molar-refractivity contribution >= 4 is 11.7 Å². The minimum Gasteiger partial charge on any atom is -0.353 e. The molecule has 0 aromatic heterocycles. The molecule has 0 aliphatic heterocycles. The number of benzene rings is 2. The van der Waals surface area contributed by atoms with E-state index in [-0.39, 0.29) is 12.3 Å². The van der Waals surface area contributed by atoms with Crippen LogP contribution in [0.25, 0.3) is 0 Å². The fraction of sp³-hybridized carbons (Fsp3) is 0.519. The van der Waals surface area contributed by atoms with Crippen molar-refractivity contribution in [1.29, 1.82) is 0 Å². The minimum atomic E-state index is -0.283. The van der Waals surface area contributed by atoms with E-state index in [0.29, 0.717) is 24.4 Å². The molecule has 0 heterocycles. The van der Waals surface area contributed by atoms with Gasteiger partial charge in [0.15, 0.2) is 0 Å². The monoisotopic (exact) mass is 422 g/mol. The number of carbonyl (C=O) groups excluding carboxylic acids is 1. The summed E-state index contributed by atoms with van der Waals surface area (Å²) < 4.78 is 6.26. The molecule has 3 rings (SSSR count). The summed E-state index contributed by atoms with van der Waals surface area (Å²) in [5.74, 6) is 1.02. The van der Waals surface area contributed by atoms with Gasteiger partial charge in [-0.25, -0.2) is 4.79 Å². The van der Waals surface area contributed by atoms with Crippen molar-refractivity contribution < 1.29 is 9.53 Å². The first-order chi connectivity index (χ1) is 15.0. The highest BCUT2D eigenvalue weighted by molar-refractivity contribution is 5.91. The van der Waals surface area contributed by atoms with E-state index in [1.54, 1.807) is 0 Å². The van der Waals surface area contributed by atoms with Crippen molar-refractivity contribution in [2.24, 2.45) is 5.92 Å². The Morgan fingerprint density at radius 1 is 0.903 bits per heavy atom. The summed E-state index contributed by atoms with van der Waals surface area (Å²) in [6, 6.07) is 16.3. The van der Waals surface area contributed by atoms with Gasteiger partial charge in [-0.2, -0.15) is 0 Å². The zero-order valence-electron chi connectivity index (χ0n) is 19.5. The van der Waals surface area contributed by atoms with Crippen molar-refractivity contribution in [3.8, 4) is 0 Å². The van der Waals surface area contributed by atoms with Gasteiger partial charge in [-0.3, -0.25) is 0 Å². The molecule has 2 aromatic carbocycles. The summed E-state index contributed by atoms with van der Waals surface area (Å²) in [6.07, 6.45) is 5.58. The topological polar surface area (TPSA) is 50.4 Å². The molecule has 2 amide bonds. The van der Waals surface area contributed by atoms with Gasteiger partial charge in [0.2, 0.25) is 0 Å². The molecular formula is C27H38N2O2. The Morgan fingerprint density at radius 3 is 2.10 bits per heavy atom. The Balaban J connectivity index is 1.74. The van der Waals surface area contributed by atoms with Crippen molar-refractivity contribution in [3.63, 3.8) is 0 Å². The number of nitrogens with one attached hydrogen (secondary N) is 2. The number of hydrogen-bond acceptors (Lipinski definition) is 2. The van der Waals surface area contributed by atoms with E-state index < -0.39 is 0 Å². The smallest absolute Gasteiger partial charge is 0.321 e. The normalized spacial score (nSPS) is 15.8. The van der Waals surface area contributed by atoms with Crippen LogP contribution in [0.4, 0.5) is 10.5 Å². The average molecular weight is 423 g/mol. The fourth-order valence-corrected chi connectivity index (χ4v) is 4.47. The molecular weight excluding hydrogens is 384 g/mol. The van der Waals surface area contributed by atoms with Crippen LogP contribution in [0.15, 0.2) is 48.5 Å². The molecule has 0 spiro atoms. The predicted octanol–water partition coefficient (Wildman–Crippen LogP) is 7.18. The molecule has 4 nitrogen and oxygen atoms in total. The standard InChI is InChI=1S/C27H38N2O2/c1-19(2)23-16-11-17-24(20(3)4)25(23)28-27(30)29-26(22-14-9-6-10-15-22)31-18-21-12-7-5-8-13-21/h5,7-8,11-13,16-17,19-20,22,26H,6,9-10,14-15,18H2,1-4H3,(H2,28,29,30). The van der Waals surface area contributed by atoms with Gasteiger partial charge < -0.3 is 15.4 Å². The van der Waals surface area contributed by atoms with Crippen LogP contribution in [0.1, 0.15) is 88.3 Å². The van der Waals surface area contributed by atoms with Gasteiger partial charge >= 0.3 is 6.03 Å². The highest BCUT2D eigenvalue weighted by Gasteiger charge is 2.27. The van der Waals surface area contributed by atoms with E-state index in [2.05, 4.69) is 68.7 Å². The second-order valence-electron chi connectivity index (χ2n) is 9.33. The third-order valence-corrected chi connectivity index (χ3v) is 6.24. The highest BCUT2D eigenvalue weighted by Crippen LogP contribution is 2.33. The Hall–Kier alpha value is -2.33. The van der Waals surface area contributed by atoms with E-state index in [1.165, 1.54) is 30.4 Å². The number of anilines is 1. The van der Waals surface area contributed by atoms with Crippen molar-refractivity contribution in [2.75, 3.05) is 5.32 Å². The summed E-state index contributed by atoms with van der Waals surface area (Å²) in [5, 5.41) is 6.35. The Morgan fingerprint density at radius 2 is 1.52 bits per heavy atom. The first kappa shape index (κ1) is 23.3.